The van der Waals surface area contributed by atoms with Crippen molar-refractivity contribution in [3.63, 3.8) is 0 Å². The molecular weight excluding hydrogens is 317 g/mol. The van der Waals surface area contributed by atoms with Crippen LogP contribution in [0.1, 0.15) is 35.4 Å². The maximum absolute atomic E-state index is 13.3. The van der Waals surface area contributed by atoms with E-state index in [9.17, 15) is 9.18 Å². The van der Waals surface area contributed by atoms with Gasteiger partial charge in [-0.15, -0.1) is 0 Å². The highest BCUT2D eigenvalue weighted by Crippen LogP contribution is 2.43. The third-order valence-corrected chi connectivity index (χ3v) is 5.37. The highest BCUT2D eigenvalue weighted by atomic mass is 19.1. The lowest BCUT2D eigenvalue weighted by Crippen LogP contribution is -2.47. The van der Waals surface area contributed by atoms with E-state index in [0.717, 1.165) is 44.0 Å². The van der Waals surface area contributed by atoms with Crippen molar-refractivity contribution in [1.29, 1.82) is 0 Å². The minimum Gasteiger partial charge on any atom is -0.364 e. The molecule has 2 fully saturated rings. The number of rotatable bonds is 4. The number of piperazine rings is 1. The average molecular weight is 341 g/mol. The smallest absolute Gasteiger partial charge is 0.271 e. The first-order valence-electron chi connectivity index (χ1n) is 9.06. The van der Waals surface area contributed by atoms with Gasteiger partial charge in [0.1, 0.15) is 11.5 Å². The van der Waals surface area contributed by atoms with Gasteiger partial charge in [0.2, 0.25) is 0 Å². The summed E-state index contributed by atoms with van der Waals surface area (Å²) in [5, 5.41) is 0. The third-order valence-electron chi connectivity index (χ3n) is 5.37. The lowest BCUT2D eigenvalue weighted by atomic mass is 10.1. The quantitative estimate of drug-likeness (QED) is 0.929. The van der Waals surface area contributed by atoms with Gasteiger partial charge in [0.15, 0.2) is 0 Å². The molecule has 1 saturated heterocycles. The predicted octanol–water partition coefficient (Wildman–Crippen LogP) is 3.02. The lowest BCUT2D eigenvalue weighted by molar-refractivity contribution is 0.249. The summed E-state index contributed by atoms with van der Waals surface area (Å²) in [6.07, 6.45) is 4.16. The Morgan fingerprint density at radius 1 is 1.16 bits per heavy atom. The molecule has 1 aromatic carbocycles. The molecule has 0 radical (unpaired) electrons. The van der Waals surface area contributed by atoms with Crippen molar-refractivity contribution >= 4 is 5.69 Å². The van der Waals surface area contributed by atoms with Crippen LogP contribution in [-0.2, 0) is 6.54 Å². The van der Waals surface area contributed by atoms with Gasteiger partial charge in [0, 0.05) is 38.9 Å². The Bertz CT molecular complexity index is 820. The van der Waals surface area contributed by atoms with Crippen molar-refractivity contribution in [2.45, 2.75) is 32.2 Å². The fourth-order valence-corrected chi connectivity index (χ4v) is 3.74. The van der Waals surface area contributed by atoms with Gasteiger partial charge >= 0.3 is 0 Å². The summed E-state index contributed by atoms with van der Waals surface area (Å²) in [6.45, 7) is 6.32. The molecule has 1 aliphatic carbocycles. The Morgan fingerprint density at radius 2 is 1.92 bits per heavy atom. The van der Waals surface area contributed by atoms with Crippen molar-refractivity contribution in [1.82, 2.24) is 9.88 Å². The summed E-state index contributed by atoms with van der Waals surface area (Å²) in [5.74, 6) is 0.388. The molecule has 2 aliphatic rings. The molecule has 1 aliphatic heterocycles. The van der Waals surface area contributed by atoms with E-state index in [-0.39, 0.29) is 11.4 Å². The minimum absolute atomic E-state index is 0.0345. The van der Waals surface area contributed by atoms with Gasteiger partial charge in [0.05, 0.1) is 0 Å². The molecule has 4 nitrogen and oxygen atoms in total. The van der Waals surface area contributed by atoms with Crippen molar-refractivity contribution in [2.75, 3.05) is 31.1 Å². The van der Waals surface area contributed by atoms with Crippen LogP contribution < -0.4 is 10.5 Å². The van der Waals surface area contributed by atoms with Crippen LogP contribution in [0.25, 0.3) is 0 Å². The van der Waals surface area contributed by atoms with Gasteiger partial charge in [-0.05, 0) is 60.6 Å². The first kappa shape index (κ1) is 16.3. The first-order valence-corrected chi connectivity index (χ1v) is 9.06. The van der Waals surface area contributed by atoms with Crippen molar-refractivity contribution in [3.05, 3.63) is 63.3 Å². The number of pyridine rings is 1. The Balaban J connectivity index is 1.44. The number of aromatic amines is 1. The van der Waals surface area contributed by atoms with Crippen LogP contribution >= 0.6 is 0 Å². The van der Waals surface area contributed by atoms with Gasteiger partial charge in [-0.1, -0.05) is 6.07 Å². The first-order chi connectivity index (χ1) is 12.1. The van der Waals surface area contributed by atoms with Crippen LogP contribution in [0.15, 0.2) is 35.3 Å². The van der Waals surface area contributed by atoms with E-state index in [0.29, 0.717) is 5.92 Å². The summed E-state index contributed by atoms with van der Waals surface area (Å²) in [4.78, 5) is 19.8. The maximum Gasteiger partial charge on any atom is 0.271 e. The monoisotopic (exact) mass is 341 g/mol. The maximum atomic E-state index is 13.3. The number of hydrogen-bond donors (Lipinski definition) is 1. The summed E-state index contributed by atoms with van der Waals surface area (Å²) in [5.41, 5.74) is 4.30. The van der Waals surface area contributed by atoms with E-state index in [2.05, 4.69) is 20.9 Å². The Labute approximate surface area is 147 Å². The molecule has 0 amide bonds. The number of H-pyrrole nitrogens is 1. The van der Waals surface area contributed by atoms with E-state index < -0.39 is 0 Å². The largest absolute Gasteiger partial charge is 0.364 e. The topological polar surface area (TPSA) is 39.3 Å². The van der Waals surface area contributed by atoms with Gasteiger partial charge in [-0.2, -0.15) is 0 Å². The normalized spacial score (nSPS) is 18.6. The number of anilines is 1. The van der Waals surface area contributed by atoms with Gasteiger partial charge in [-0.3, -0.25) is 9.69 Å². The molecule has 132 valence electrons. The molecule has 4 rings (SSSR count). The van der Waals surface area contributed by atoms with E-state index in [1.54, 1.807) is 12.3 Å². The highest BCUT2D eigenvalue weighted by Gasteiger charge is 2.30. The summed E-state index contributed by atoms with van der Waals surface area (Å²) < 4.78 is 13.3. The zero-order valence-corrected chi connectivity index (χ0v) is 14.6. The second kappa shape index (κ2) is 6.64. The molecule has 0 atom stereocenters. The second-order valence-corrected chi connectivity index (χ2v) is 7.22. The van der Waals surface area contributed by atoms with Crippen molar-refractivity contribution in [2.24, 2.45) is 0 Å². The standard InChI is InChI=1S/C20H24FN3O/c1-14-12-17(21)5-4-16(14)13-23-8-10-24(11-9-23)19-18(15-2-3-15)6-7-22-20(19)25/h4-7,12,15H,2-3,8-11,13H2,1H3,(H,22,25). The Morgan fingerprint density at radius 3 is 2.60 bits per heavy atom. The van der Waals surface area contributed by atoms with Crippen molar-refractivity contribution < 1.29 is 4.39 Å². The molecule has 0 bridgehead atoms. The summed E-state index contributed by atoms with van der Waals surface area (Å²) >= 11 is 0. The average Bonchev–Trinajstić information content (AvgIpc) is 3.43. The van der Waals surface area contributed by atoms with Crippen LogP contribution in [0.4, 0.5) is 10.1 Å². The molecule has 0 unspecified atom stereocenters. The highest BCUT2D eigenvalue weighted by molar-refractivity contribution is 5.55. The SMILES string of the molecule is Cc1cc(F)ccc1CN1CCN(c2c(C3CC3)cc[nH]c2=O)CC1. The van der Waals surface area contributed by atoms with Crippen LogP contribution in [0.3, 0.4) is 0 Å². The van der Waals surface area contributed by atoms with E-state index >= 15 is 0 Å². The second-order valence-electron chi connectivity index (χ2n) is 7.22. The molecular formula is C20H24FN3O. The third kappa shape index (κ3) is 3.47. The number of aromatic nitrogens is 1. The molecule has 1 saturated carbocycles. The Kier molecular flexibility index (Phi) is 4.34. The number of nitrogens with zero attached hydrogens (tertiary/aromatic N) is 2. The van der Waals surface area contributed by atoms with Crippen LogP contribution in [0.5, 0.6) is 0 Å². The zero-order valence-electron chi connectivity index (χ0n) is 14.6. The van der Waals surface area contributed by atoms with Gasteiger partial charge in [-0.25, -0.2) is 4.39 Å². The number of aryl methyl sites for hydroxylation is 1. The predicted molar refractivity (Wildman–Crippen MR) is 97.7 cm³/mol. The van der Waals surface area contributed by atoms with E-state index in [4.69, 9.17) is 0 Å². The zero-order chi connectivity index (χ0) is 17.4. The van der Waals surface area contributed by atoms with E-state index in [1.807, 2.05) is 13.0 Å². The fourth-order valence-electron chi connectivity index (χ4n) is 3.74. The number of nitrogens with one attached hydrogen (secondary N) is 1. The van der Waals surface area contributed by atoms with Crippen LogP contribution in [-0.4, -0.2) is 36.1 Å². The molecule has 1 N–H and O–H groups in total. The summed E-state index contributed by atoms with van der Waals surface area (Å²) in [7, 11) is 0. The molecule has 5 heteroatoms. The molecule has 1 aromatic heterocycles. The van der Waals surface area contributed by atoms with Gasteiger partial charge < -0.3 is 9.88 Å². The lowest BCUT2D eigenvalue weighted by Gasteiger charge is -2.36. The number of benzene rings is 1. The number of hydrogen-bond acceptors (Lipinski definition) is 3. The molecule has 2 heterocycles. The molecule has 25 heavy (non-hydrogen) atoms. The summed E-state index contributed by atoms with van der Waals surface area (Å²) in [6, 6.07) is 7.08. The van der Waals surface area contributed by atoms with Crippen molar-refractivity contribution in [3.8, 4) is 0 Å². The van der Waals surface area contributed by atoms with Crippen LogP contribution in [0, 0.1) is 12.7 Å². The van der Waals surface area contributed by atoms with E-state index in [1.165, 1.54) is 30.0 Å². The Hall–Kier alpha value is -2.14. The van der Waals surface area contributed by atoms with Gasteiger partial charge in [0.25, 0.3) is 5.56 Å². The number of halogens is 1. The minimum atomic E-state index is -0.179. The fraction of sp³-hybridized carbons (Fsp3) is 0.450. The molecule has 0 spiro atoms. The van der Waals surface area contributed by atoms with Crippen LogP contribution in [0.2, 0.25) is 0 Å². The molecule has 2 aromatic rings.